The number of hydrogen-bond acceptors (Lipinski definition) is 4. The van der Waals surface area contributed by atoms with Crippen LogP contribution in [0.2, 0.25) is 5.02 Å². The van der Waals surface area contributed by atoms with Crippen LogP contribution in [0.3, 0.4) is 0 Å². The van der Waals surface area contributed by atoms with E-state index >= 15 is 0 Å². The minimum atomic E-state index is -3.73. The number of sulfonamides is 1. The molecule has 0 radical (unpaired) electrons. The Bertz CT molecular complexity index is 964. The van der Waals surface area contributed by atoms with Crippen LogP contribution in [0.25, 0.3) is 10.6 Å². The normalized spacial score (nSPS) is 12.0. The summed E-state index contributed by atoms with van der Waals surface area (Å²) in [5.41, 5.74) is 1.19. The Morgan fingerprint density at radius 1 is 1.24 bits per heavy atom. The molecule has 1 aromatic carbocycles. The summed E-state index contributed by atoms with van der Waals surface area (Å²) >= 11 is 7.57. The van der Waals surface area contributed by atoms with E-state index in [0.717, 1.165) is 10.4 Å². The molecule has 132 valence electrons. The first-order chi connectivity index (χ1) is 11.9. The van der Waals surface area contributed by atoms with Crippen LogP contribution in [0.5, 0.6) is 0 Å². The number of aromatic nitrogens is 2. The van der Waals surface area contributed by atoms with Crippen LogP contribution in [0, 0.1) is 0 Å². The van der Waals surface area contributed by atoms with Gasteiger partial charge in [-0.2, -0.15) is 5.10 Å². The number of benzene rings is 1. The molecule has 0 saturated heterocycles. The first-order valence-corrected chi connectivity index (χ1v) is 10.5. The van der Waals surface area contributed by atoms with Gasteiger partial charge in [-0.05, 0) is 36.9 Å². The van der Waals surface area contributed by atoms with Crippen molar-refractivity contribution in [3.8, 4) is 10.6 Å². The minimum absolute atomic E-state index is 0.0613. The van der Waals surface area contributed by atoms with Crippen LogP contribution >= 0.6 is 22.9 Å². The molecule has 0 saturated carbocycles. The quantitative estimate of drug-likeness (QED) is 0.675. The van der Waals surface area contributed by atoms with Gasteiger partial charge < -0.3 is 0 Å². The van der Waals surface area contributed by atoms with E-state index in [1.807, 2.05) is 43.5 Å². The molecular formula is C17H18ClN3O2S2. The molecule has 5 nitrogen and oxygen atoms in total. The molecular weight excluding hydrogens is 378 g/mol. The van der Waals surface area contributed by atoms with Crippen molar-refractivity contribution in [2.45, 2.75) is 31.3 Å². The second kappa shape index (κ2) is 7.29. The largest absolute Gasteiger partial charge is 0.268 e. The Labute approximate surface area is 156 Å². The highest BCUT2D eigenvalue weighted by Crippen LogP contribution is 2.30. The lowest BCUT2D eigenvalue weighted by Gasteiger charge is -2.07. The van der Waals surface area contributed by atoms with E-state index in [-0.39, 0.29) is 17.5 Å². The van der Waals surface area contributed by atoms with E-state index in [9.17, 15) is 8.42 Å². The van der Waals surface area contributed by atoms with Crippen LogP contribution in [-0.4, -0.2) is 18.2 Å². The molecule has 3 rings (SSSR count). The highest BCUT2D eigenvalue weighted by Gasteiger charge is 2.25. The van der Waals surface area contributed by atoms with Crippen molar-refractivity contribution in [1.82, 2.24) is 14.5 Å². The van der Waals surface area contributed by atoms with Crippen molar-refractivity contribution < 1.29 is 8.42 Å². The van der Waals surface area contributed by atoms with Gasteiger partial charge in [0.15, 0.2) is 0 Å². The zero-order valence-electron chi connectivity index (χ0n) is 13.8. The van der Waals surface area contributed by atoms with Crippen molar-refractivity contribution >= 4 is 33.0 Å². The summed E-state index contributed by atoms with van der Waals surface area (Å²) in [6.07, 6.45) is 1.58. The fourth-order valence-corrected chi connectivity index (χ4v) is 4.46. The highest BCUT2D eigenvalue weighted by molar-refractivity contribution is 7.89. The number of thiophene rings is 1. The Hall–Kier alpha value is -1.67. The van der Waals surface area contributed by atoms with Crippen LogP contribution in [0.4, 0.5) is 0 Å². The van der Waals surface area contributed by atoms with Crippen LogP contribution in [0.1, 0.15) is 25.5 Å². The smallest absolute Gasteiger partial charge is 0.244 e. The summed E-state index contributed by atoms with van der Waals surface area (Å²) in [4.78, 5) is 0.994. The van der Waals surface area contributed by atoms with Gasteiger partial charge in [0.05, 0.1) is 4.88 Å². The van der Waals surface area contributed by atoms with Crippen LogP contribution in [-0.2, 0) is 16.6 Å². The van der Waals surface area contributed by atoms with Gasteiger partial charge in [0.2, 0.25) is 10.0 Å². The molecule has 8 heteroatoms. The van der Waals surface area contributed by atoms with E-state index < -0.39 is 10.0 Å². The fourth-order valence-electron chi connectivity index (χ4n) is 2.31. The predicted octanol–water partition coefficient (Wildman–Crippen LogP) is 4.32. The first kappa shape index (κ1) is 18.1. The van der Waals surface area contributed by atoms with Gasteiger partial charge in [-0.25, -0.2) is 13.1 Å². The maximum Gasteiger partial charge on any atom is 0.244 e. The maximum absolute atomic E-state index is 12.9. The lowest BCUT2D eigenvalue weighted by Crippen LogP contribution is -2.23. The number of halogens is 1. The Morgan fingerprint density at radius 3 is 2.64 bits per heavy atom. The molecule has 25 heavy (non-hydrogen) atoms. The van der Waals surface area contributed by atoms with Gasteiger partial charge in [-0.15, -0.1) is 11.3 Å². The van der Waals surface area contributed by atoms with Gasteiger partial charge in [-0.1, -0.05) is 35.9 Å². The average Bonchev–Trinajstić information content (AvgIpc) is 3.23. The molecule has 0 amide bonds. The second-order valence-electron chi connectivity index (χ2n) is 5.81. The maximum atomic E-state index is 12.9. The molecule has 0 atom stereocenters. The number of hydrogen-bond donors (Lipinski definition) is 1. The van der Waals surface area contributed by atoms with Crippen molar-refractivity contribution in [2.75, 3.05) is 0 Å². The summed E-state index contributed by atoms with van der Waals surface area (Å²) in [7, 11) is -3.73. The summed E-state index contributed by atoms with van der Waals surface area (Å²) in [5, 5.41) is 6.90. The van der Waals surface area contributed by atoms with Gasteiger partial charge in [0, 0.05) is 23.8 Å². The minimum Gasteiger partial charge on any atom is -0.268 e. The Morgan fingerprint density at radius 2 is 2.00 bits per heavy atom. The van der Waals surface area contributed by atoms with E-state index in [0.29, 0.717) is 10.7 Å². The summed E-state index contributed by atoms with van der Waals surface area (Å²) in [6, 6.07) is 11.0. The zero-order chi connectivity index (χ0) is 18.0. The van der Waals surface area contributed by atoms with Crippen molar-refractivity contribution in [2.24, 2.45) is 0 Å². The molecule has 0 aliphatic carbocycles. The number of nitrogens with zero attached hydrogens (tertiary/aromatic N) is 2. The third kappa shape index (κ3) is 3.95. The molecule has 0 unspecified atom stereocenters. The van der Waals surface area contributed by atoms with Gasteiger partial charge in [0.1, 0.15) is 10.6 Å². The van der Waals surface area contributed by atoms with E-state index in [4.69, 9.17) is 11.6 Å². The van der Waals surface area contributed by atoms with Crippen molar-refractivity contribution in [3.63, 3.8) is 0 Å². The molecule has 0 fully saturated rings. The molecule has 0 spiro atoms. The molecule has 0 aliphatic rings. The third-order valence-electron chi connectivity index (χ3n) is 3.68. The lowest BCUT2D eigenvalue weighted by molar-refractivity contribution is 0.532. The molecule has 0 aliphatic heterocycles. The monoisotopic (exact) mass is 395 g/mol. The Kier molecular flexibility index (Phi) is 5.29. The van der Waals surface area contributed by atoms with Gasteiger partial charge >= 0.3 is 0 Å². The highest BCUT2D eigenvalue weighted by atomic mass is 35.5. The van der Waals surface area contributed by atoms with E-state index in [1.165, 1.54) is 11.3 Å². The lowest BCUT2D eigenvalue weighted by atomic mass is 10.2. The van der Waals surface area contributed by atoms with Crippen molar-refractivity contribution in [3.05, 3.63) is 58.6 Å². The topological polar surface area (TPSA) is 64.0 Å². The van der Waals surface area contributed by atoms with Crippen LogP contribution < -0.4 is 4.72 Å². The van der Waals surface area contributed by atoms with E-state index in [1.54, 1.807) is 23.0 Å². The second-order valence-corrected chi connectivity index (χ2v) is 8.90. The molecule has 2 heterocycles. The molecule has 0 bridgehead atoms. The summed E-state index contributed by atoms with van der Waals surface area (Å²) in [6.45, 7) is 4.04. The first-order valence-electron chi connectivity index (χ1n) is 7.74. The van der Waals surface area contributed by atoms with E-state index in [2.05, 4.69) is 9.82 Å². The van der Waals surface area contributed by atoms with Gasteiger partial charge in [-0.3, -0.25) is 4.68 Å². The summed E-state index contributed by atoms with van der Waals surface area (Å²) < 4.78 is 30.0. The fraction of sp³-hybridized carbons (Fsp3) is 0.235. The zero-order valence-corrected chi connectivity index (χ0v) is 16.2. The molecule has 1 N–H and O–H groups in total. The summed E-state index contributed by atoms with van der Waals surface area (Å²) in [5.74, 6) is 0. The molecule has 2 aromatic heterocycles. The van der Waals surface area contributed by atoms with Crippen molar-refractivity contribution in [1.29, 1.82) is 0 Å². The third-order valence-corrected chi connectivity index (χ3v) is 6.33. The standard InChI is InChI=1S/C17H18ClN3O2S2/c1-12(2)21-11-16(17(20-21)15-8-5-9-24-15)25(22,23)19-10-13-6-3-4-7-14(13)18/h3-9,11-12,19H,10H2,1-2H3. The number of nitrogens with one attached hydrogen (secondary N) is 1. The number of rotatable bonds is 6. The SMILES string of the molecule is CC(C)n1cc(S(=O)(=O)NCc2ccccc2Cl)c(-c2cccs2)n1. The Balaban J connectivity index is 1.95. The average molecular weight is 396 g/mol. The molecule has 3 aromatic rings. The van der Waals surface area contributed by atoms with Gasteiger partial charge in [0.25, 0.3) is 0 Å². The predicted molar refractivity (Wildman–Crippen MR) is 101 cm³/mol. The van der Waals surface area contributed by atoms with Crippen LogP contribution in [0.15, 0.2) is 52.9 Å².